The Balaban J connectivity index is 1.99. The summed E-state index contributed by atoms with van der Waals surface area (Å²) in [5.74, 6) is 0.681. The lowest BCUT2D eigenvalue weighted by Crippen LogP contribution is -2.33. The molecule has 22 heavy (non-hydrogen) atoms. The number of nitrogens with one attached hydrogen (secondary N) is 1. The summed E-state index contributed by atoms with van der Waals surface area (Å²) >= 11 is 0. The molecule has 0 bridgehead atoms. The minimum Gasteiger partial charge on any atom is -0.489 e. The molecule has 0 aliphatic carbocycles. The van der Waals surface area contributed by atoms with Gasteiger partial charge in [-0.25, -0.2) is 13.1 Å². The van der Waals surface area contributed by atoms with Crippen molar-refractivity contribution in [3.8, 4) is 11.8 Å². The summed E-state index contributed by atoms with van der Waals surface area (Å²) in [6.45, 7) is 1.91. The largest absolute Gasteiger partial charge is 0.489 e. The van der Waals surface area contributed by atoms with Crippen LogP contribution in [0.3, 0.4) is 0 Å². The van der Waals surface area contributed by atoms with Crippen LogP contribution in [0.5, 0.6) is 5.75 Å². The maximum absolute atomic E-state index is 12.2. The fourth-order valence-corrected chi connectivity index (χ4v) is 2.98. The minimum absolute atomic E-state index is 0.0680. The number of benzene rings is 2. The number of hydrogen-bond donors (Lipinski definition) is 1. The van der Waals surface area contributed by atoms with Crippen LogP contribution in [0.15, 0.2) is 59.5 Å². The maximum atomic E-state index is 12.2. The summed E-state index contributed by atoms with van der Waals surface area (Å²) in [5.41, 5.74) is 0.302. The molecule has 2 aromatic carbocycles. The van der Waals surface area contributed by atoms with Crippen LogP contribution in [0.2, 0.25) is 0 Å². The molecule has 2 rings (SSSR count). The Morgan fingerprint density at radius 1 is 1.18 bits per heavy atom. The predicted octanol–water partition coefficient (Wildman–Crippen LogP) is 2.30. The number of ether oxygens (including phenoxy) is 1. The second kappa shape index (κ2) is 7.07. The molecule has 1 atom stereocenters. The van der Waals surface area contributed by atoms with Crippen LogP contribution < -0.4 is 9.46 Å². The summed E-state index contributed by atoms with van der Waals surface area (Å²) in [4.78, 5) is 0.0680. The standard InChI is InChI=1S/C16H16N2O3S/c1-13(21-15-7-3-2-4-8-15)12-18-22(19,20)16-9-5-6-14(10-16)11-17/h2-10,13,18H,12H2,1H3. The average molecular weight is 316 g/mol. The zero-order valence-electron chi connectivity index (χ0n) is 12.1. The second-order valence-electron chi connectivity index (χ2n) is 4.73. The van der Waals surface area contributed by atoms with Crippen molar-refractivity contribution in [1.82, 2.24) is 4.72 Å². The molecule has 2 aromatic rings. The van der Waals surface area contributed by atoms with Gasteiger partial charge in [-0.3, -0.25) is 0 Å². The van der Waals surface area contributed by atoms with Crippen molar-refractivity contribution < 1.29 is 13.2 Å². The van der Waals surface area contributed by atoms with E-state index in [1.54, 1.807) is 25.1 Å². The third kappa shape index (κ3) is 4.32. The lowest BCUT2D eigenvalue weighted by molar-refractivity contribution is 0.225. The first-order chi connectivity index (χ1) is 10.5. The molecule has 0 aliphatic heterocycles. The SMILES string of the molecule is CC(CNS(=O)(=O)c1cccc(C#N)c1)Oc1ccccc1. The van der Waals surface area contributed by atoms with Gasteiger partial charge in [-0.05, 0) is 37.3 Å². The number of nitrogens with zero attached hydrogens (tertiary/aromatic N) is 1. The van der Waals surface area contributed by atoms with E-state index in [-0.39, 0.29) is 17.5 Å². The fraction of sp³-hybridized carbons (Fsp3) is 0.188. The van der Waals surface area contributed by atoms with Crippen LogP contribution in [-0.4, -0.2) is 21.1 Å². The van der Waals surface area contributed by atoms with Crippen molar-refractivity contribution in [3.63, 3.8) is 0 Å². The van der Waals surface area contributed by atoms with E-state index in [9.17, 15) is 8.42 Å². The number of rotatable bonds is 6. The summed E-state index contributed by atoms with van der Waals surface area (Å²) in [6.07, 6.45) is -0.323. The molecular weight excluding hydrogens is 300 g/mol. The Morgan fingerprint density at radius 3 is 2.59 bits per heavy atom. The molecule has 0 amide bonds. The quantitative estimate of drug-likeness (QED) is 0.887. The molecule has 5 nitrogen and oxygen atoms in total. The van der Waals surface area contributed by atoms with E-state index >= 15 is 0 Å². The summed E-state index contributed by atoms with van der Waals surface area (Å²) in [6, 6.07) is 17.0. The van der Waals surface area contributed by atoms with E-state index in [1.165, 1.54) is 18.2 Å². The van der Waals surface area contributed by atoms with Crippen molar-refractivity contribution in [3.05, 3.63) is 60.2 Å². The Labute approximate surface area is 130 Å². The highest BCUT2D eigenvalue weighted by Crippen LogP contribution is 2.13. The van der Waals surface area contributed by atoms with Crippen molar-refractivity contribution in [2.24, 2.45) is 0 Å². The van der Waals surface area contributed by atoms with E-state index in [2.05, 4.69) is 4.72 Å². The minimum atomic E-state index is -3.66. The highest BCUT2D eigenvalue weighted by Gasteiger charge is 2.16. The van der Waals surface area contributed by atoms with Crippen LogP contribution in [0.4, 0.5) is 0 Å². The van der Waals surface area contributed by atoms with Gasteiger partial charge in [-0.2, -0.15) is 5.26 Å². The molecule has 0 saturated heterocycles. The number of sulfonamides is 1. The smallest absolute Gasteiger partial charge is 0.240 e. The molecule has 0 fully saturated rings. The molecule has 0 heterocycles. The van der Waals surface area contributed by atoms with E-state index in [1.807, 2.05) is 24.3 Å². The zero-order chi connectivity index (χ0) is 16.0. The van der Waals surface area contributed by atoms with Gasteiger partial charge in [0.15, 0.2) is 0 Å². The number of hydrogen-bond acceptors (Lipinski definition) is 4. The Morgan fingerprint density at radius 2 is 1.91 bits per heavy atom. The maximum Gasteiger partial charge on any atom is 0.240 e. The van der Waals surface area contributed by atoms with Crippen LogP contribution in [0, 0.1) is 11.3 Å². The fourth-order valence-electron chi connectivity index (χ4n) is 1.82. The van der Waals surface area contributed by atoms with E-state index in [4.69, 9.17) is 10.00 Å². The van der Waals surface area contributed by atoms with Crippen LogP contribution in [0.25, 0.3) is 0 Å². The molecule has 0 spiro atoms. The molecule has 0 saturated carbocycles. The molecule has 1 N–H and O–H groups in total. The number of nitriles is 1. The van der Waals surface area contributed by atoms with Crippen molar-refractivity contribution in [2.45, 2.75) is 17.9 Å². The summed E-state index contributed by atoms with van der Waals surface area (Å²) in [5, 5.41) is 8.82. The molecule has 0 aliphatic rings. The molecule has 0 aromatic heterocycles. The lowest BCUT2D eigenvalue weighted by Gasteiger charge is -2.15. The molecule has 6 heteroatoms. The first kappa shape index (κ1) is 16.0. The molecule has 1 unspecified atom stereocenters. The van der Waals surface area contributed by atoms with E-state index in [0.717, 1.165) is 0 Å². The third-order valence-electron chi connectivity index (χ3n) is 2.91. The van der Waals surface area contributed by atoms with Gasteiger partial charge in [0.2, 0.25) is 10.0 Å². The number of para-hydroxylation sites is 1. The topological polar surface area (TPSA) is 79.2 Å². The van der Waals surface area contributed by atoms with Gasteiger partial charge in [0.1, 0.15) is 11.9 Å². The third-order valence-corrected chi connectivity index (χ3v) is 4.34. The van der Waals surface area contributed by atoms with Gasteiger partial charge < -0.3 is 4.74 Å². The highest BCUT2D eigenvalue weighted by atomic mass is 32.2. The lowest BCUT2D eigenvalue weighted by atomic mass is 10.2. The van der Waals surface area contributed by atoms with Crippen molar-refractivity contribution in [1.29, 1.82) is 5.26 Å². The molecule has 0 radical (unpaired) electrons. The van der Waals surface area contributed by atoms with Crippen molar-refractivity contribution in [2.75, 3.05) is 6.54 Å². The summed E-state index contributed by atoms with van der Waals surface area (Å²) in [7, 11) is -3.66. The van der Waals surface area contributed by atoms with Gasteiger partial charge in [0.25, 0.3) is 0 Å². The zero-order valence-corrected chi connectivity index (χ0v) is 12.9. The Hall–Kier alpha value is -2.36. The highest BCUT2D eigenvalue weighted by molar-refractivity contribution is 7.89. The van der Waals surface area contributed by atoms with E-state index < -0.39 is 10.0 Å². The monoisotopic (exact) mass is 316 g/mol. The normalized spacial score (nSPS) is 12.4. The van der Waals surface area contributed by atoms with Crippen LogP contribution in [-0.2, 0) is 10.0 Å². The van der Waals surface area contributed by atoms with Crippen LogP contribution >= 0.6 is 0 Å². The summed E-state index contributed by atoms with van der Waals surface area (Å²) < 4.78 is 32.5. The van der Waals surface area contributed by atoms with Gasteiger partial charge in [-0.15, -0.1) is 0 Å². The first-order valence-corrected chi connectivity index (χ1v) is 8.21. The van der Waals surface area contributed by atoms with Gasteiger partial charge in [-0.1, -0.05) is 24.3 Å². The van der Waals surface area contributed by atoms with Gasteiger partial charge in [0, 0.05) is 6.54 Å². The predicted molar refractivity (Wildman–Crippen MR) is 82.9 cm³/mol. The Bertz CT molecular complexity index is 767. The van der Waals surface area contributed by atoms with E-state index in [0.29, 0.717) is 11.3 Å². The molecule has 114 valence electrons. The molecular formula is C16H16N2O3S. The van der Waals surface area contributed by atoms with Gasteiger partial charge >= 0.3 is 0 Å². The second-order valence-corrected chi connectivity index (χ2v) is 6.50. The van der Waals surface area contributed by atoms with Crippen molar-refractivity contribution >= 4 is 10.0 Å². The average Bonchev–Trinajstić information content (AvgIpc) is 2.54. The first-order valence-electron chi connectivity index (χ1n) is 6.73. The van der Waals surface area contributed by atoms with Gasteiger partial charge in [0.05, 0.1) is 16.5 Å². The Kier molecular flexibility index (Phi) is 5.15. The van der Waals surface area contributed by atoms with Crippen LogP contribution in [0.1, 0.15) is 12.5 Å².